The largest absolute Gasteiger partial charge is 0.355 e. The Kier molecular flexibility index (Phi) is 6.05. The third-order valence-corrected chi connectivity index (χ3v) is 2.48. The number of nitrogens with zero attached hydrogens (tertiary/aromatic N) is 1. The van der Waals surface area contributed by atoms with Crippen molar-refractivity contribution in [3.63, 3.8) is 0 Å². The van der Waals surface area contributed by atoms with Crippen LogP contribution in [0.3, 0.4) is 0 Å². The number of benzene rings is 1. The second kappa shape index (κ2) is 7.54. The number of carbonyl (C=O) groups is 1. The summed E-state index contributed by atoms with van der Waals surface area (Å²) in [6.07, 6.45) is 0. The van der Waals surface area contributed by atoms with Gasteiger partial charge in [-0.3, -0.25) is 14.9 Å². The lowest BCUT2D eigenvalue weighted by molar-refractivity contribution is -0.385. The molecular weight excluding hydrogens is 265 g/mol. The summed E-state index contributed by atoms with van der Waals surface area (Å²) in [4.78, 5) is 21.4. The van der Waals surface area contributed by atoms with E-state index in [1.165, 1.54) is 12.1 Å². The van der Waals surface area contributed by atoms with Crippen molar-refractivity contribution in [3.05, 3.63) is 39.7 Å². The lowest BCUT2D eigenvalue weighted by atomic mass is 10.2. The number of hydrogen-bond acceptors (Lipinski definition) is 4. The van der Waals surface area contributed by atoms with E-state index in [0.29, 0.717) is 18.0 Å². The molecule has 0 saturated heterocycles. The smallest absolute Gasteiger partial charge is 0.272 e. The summed E-state index contributed by atoms with van der Waals surface area (Å²) in [6, 6.07) is 3.34. The number of nitrogens with one attached hydrogen (secondary N) is 2. The van der Waals surface area contributed by atoms with Crippen molar-refractivity contribution in [2.75, 3.05) is 13.1 Å². The molecule has 2 N–H and O–H groups in total. The van der Waals surface area contributed by atoms with Gasteiger partial charge in [0.25, 0.3) is 5.69 Å². The van der Waals surface area contributed by atoms with Gasteiger partial charge in [-0.1, -0.05) is 13.8 Å². The molecule has 1 aromatic carbocycles. The molecule has 0 aliphatic heterocycles. The van der Waals surface area contributed by atoms with Crippen LogP contribution < -0.4 is 10.6 Å². The Hall–Kier alpha value is -2.02. The van der Waals surface area contributed by atoms with E-state index in [2.05, 4.69) is 10.6 Å². The molecular formula is C13H18FN3O3. The average molecular weight is 283 g/mol. The number of halogens is 1. The van der Waals surface area contributed by atoms with E-state index in [4.69, 9.17) is 0 Å². The molecule has 0 unspecified atom stereocenters. The molecule has 0 spiro atoms. The molecule has 0 aliphatic rings. The normalized spacial score (nSPS) is 10.6. The maximum atomic E-state index is 13.2. The van der Waals surface area contributed by atoms with Gasteiger partial charge in [0.15, 0.2) is 0 Å². The first kappa shape index (κ1) is 16.0. The number of non-ortho nitro benzene ring substituents is 1. The number of nitro groups is 1. The Morgan fingerprint density at radius 3 is 2.70 bits per heavy atom. The van der Waals surface area contributed by atoms with Crippen molar-refractivity contribution >= 4 is 11.6 Å². The number of nitro benzene ring substituents is 1. The molecule has 0 heterocycles. The monoisotopic (exact) mass is 283 g/mol. The van der Waals surface area contributed by atoms with Crippen molar-refractivity contribution in [3.8, 4) is 0 Å². The van der Waals surface area contributed by atoms with Crippen molar-refractivity contribution in [2.24, 2.45) is 5.92 Å². The maximum Gasteiger partial charge on any atom is 0.272 e. The zero-order chi connectivity index (χ0) is 15.1. The van der Waals surface area contributed by atoms with Gasteiger partial charge in [-0.05, 0) is 17.5 Å². The van der Waals surface area contributed by atoms with Gasteiger partial charge < -0.3 is 10.6 Å². The molecule has 110 valence electrons. The molecule has 0 atom stereocenters. The van der Waals surface area contributed by atoms with E-state index in [1.54, 1.807) is 0 Å². The topological polar surface area (TPSA) is 84.3 Å². The van der Waals surface area contributed by atoms with Gasteiger partial charge >= 0.3 is 0 Å². The summed E-state index contributed by atoms with van der Waals surface area (Å²) < 4.78 is 13.2. The minimum atomic E-state index is -0.666. The summed E-state index contributed by atoms with van der Waals surface area (Å²) >= 11 is 0. The minimum absolute atomic E-state index is 0.0804. The summed E-state index contributed by atoms with van der Waals surface area (Å²) in [5, 5.41) is 16.1. The fourth-order valence-corrected chi connectivity index (χ4v) is 1.54. The Morgan fingerprint density at radius 2 is 2.10 bits per heavy atom. The lowest BCUT2D eigenvalue weighted by Crippen LogP contribution is -2.35. The molecule has 0 aliphatic carbocycles. The van der Waals surface area contributed by atoms with Crippen LogP contribution in [0.5, 0.6) is 0 Å². The fraction of sp³-hybridized carbons (Fsp3) is 0.462. The van der Waals surface area contributed by atoms with Crippen molar-refractivity contribution in [1.29, 1.82) is 0 Å². The Labute approximate surface area is 116 Å². The highest BCUT2D eigenvalue weighted by Crippen LogP contribution is 2.15. The van der Waals surface area contributed by atoms with E-state index in [0.717, 1.165) is 6.07 Å². The third kappa shape index (κ3) is 5.75. The van der Waals surface area contributed by atoms with Gasteiger partial charge in [-0.2, -0.15) is 0 Å². The molecule has 1 aromatic rings. The van der Waals surface area contributed by atoms with Crippen LogP contribution >= 0.6 is 0 Å². The molecule has 20 heavy (non-hydrogen) atoms. The molecule has 6 nitrogen and oxygen atoms in total. The van der Waals surface area contributed by atoms with E-state index < -0.39 is 10.7 Å². The van der Waals surface area contributed by atoms with Crippen LogP contribution in [-0.4, -0.2) is 23.9 Å². The van der Waals surface area contributed by atoms with Gasteiger partial charge in [0, 0.05) is 19.2 Å². The average Bonchev–Trinajstić information content (AvgIpc) is 2.35. The van der Waals surface area contributed by atoms with E-state index in [-0.39, 0.29) is 24.7 Å². The second-order valence-corrected chi connectivity index (χ2v) is 4.88. The molecule has 0 aromatic heterocycles. The van der Waals surface area contributed by atoms with E-state index in [9.17, 15) is 19.3 Å². The quantitative estimate of drug-likeness (QED) is 0.588. The molecule has 7 heteroatoms. The van der Waals surface area contributed by atoms with E-state index in [1.807, 2.05) is 13.8 Å². The molecule has 0 fully saturated rings. The molecule has 0 saturated carbocycles. The molecule has 0 bridgehead atoms. The summed E-state index contributed by atoms with van der Waals surface area (Å²) in [7, 11) is 0. The predicted molar refractivity (Wildman–Crippen MR) is 72.6 cm³/mol. The first-order valence-electron chi connectivity index (χ1n) is 6.29. The first-order valence-corrected chi connectivity index (χ1v) is 6.29. The zero-order valence-corrected chi connectivity index (χ0v) is 11.5. The highest BCUT2D eigenvalue weighted by Gasteiger charge is 2.10. The zero-order valence-electron chi connectivity index (χ0n) is 11.5. The number of rotatable bonds is 7. The third-order valence-electron chi connectivity index (χ3n) is 2.48. The van der Waals surface area contributed by atoms with Gasteiger partial charge in [0.05, 0.1) is 17.5 Å². The Balaban J connectivity index is 2.46. The summed E-state index contributed by atoms with van der Waals surface area (Å²) in [5.74, 6) is -0.463. The van der Waals surface area contributed by atoms with Crippen LogP contribution in [0, 0.1) is 21.8 Å². The summed E-state index contributed by atoms with van der Waals surface area (Å²) in [6.45, 7) is 4.83. The van der Waals surface area contributed by atoms with Gasteiger partial charge in [-0.15, -0.1) is 0 Å². The van der Waals surface area contributed by atoms with Crippen molar-refractivity contribution < 1.29 is 14.1 Å². The minimum Gasteiger partial charge on any atom is -0.355 e. The highest BCUT2D eigenvalue weighted by atomic mass is 19.1. The summed E-state index contributed by atoms with van der Waals surface area (Å²) in [5.41, 5.74) is 0.124. The van der Waals surface area contributed by atoms with Crippen LogP contribution in [-0.2, 0) is 11.3 Å². The second-order valence-electron chi connectivity index (χ2n) is 4.88. The van der Waals surface area contributed by atoms with Crippen LogP contribution in [0.15, 0.2) is 18.2 Å². The van der Waals surface area contributed by atoms with Crippen LogP contribution in [0.1, 0.15) is 19.4 Å². The van der Waals surface area contributed by atoms with Crippen LogP contribution in [0.25, 0.3) is 0 Å². The van der Waals surface area contributed by atoms with Crippen LogP contribution in [0.4, 0.5) is 10.1 Å². The fourth-order valence-electron chi connectivity index (χ4n) is 1.54. The molecule has 1 rings (SSSR count). The first-order chi connectivity index (χ1) is 9.38. The lowest BCUT2D eigenvalue weighted by Gasteiger charge is -2.08. The van der Waals surface area contributed by atoms with E-state index >= 15 is 0 Å². The Morgan fingerprint density at radius 1 is 1.40 bits per heavy atom. The number of hydrogen-bond donors (Lipinski definition) is 2. The number of amides is 1. The standard InChI is InChI=1S/C13H18FN3O3/c1-9(2)6-16-13(18)8-15-7-10-3-11(14)5-12(4-10)17(19)20/h3-5,9,15H,6-8H2,1-2H3,(H,16,18). The van der Waals surface area contributed by atoms with Gasteiger partial charge in [0.1, 0.15) is 5.82 Å². The van der Waals surface area contributed by atoms with Crippen LogP contribution in [0.2, 0.25) is 0 Å². The van der Waals surface area contributed by atoms with Crippen molar-refractivity contribution in [2.45, 2.75) is 20.4 Å². The van der Waals surface area contributed by atoms with Gasteiger partial charge in [-0.25, -0.2) is 4.39 Å². The molecule has 0 radical (unpaired) electrons. The van der Waals surface area contributed by atoms with Crippen molar-refractivity contribution in [1.82, 2.24) is 10.6 Å². The SMILES string of the molecule is CC(C)CNC(=O)CNCc1cc(F)cc([N+](=O)[O-])c1. The Bertz CT molecular complexity index is 492. The predicted octanol–water partition coefficient (Wildman–Crippen LogP) is 1.60. The van der Waals surface area contributed by atoms with Gasteiger partial charge in [0.2, 0.25) is 5.91 Å². The molecule has 1 amide bonds. The maximum absolute atomic E-state index is 13.2. The highest BCUT2D eigenvalue weighted by molar-refractivity contribution is 5.77. The number of carbonyl (C=O) groups excluding carboxylic acids is 1.